The molecule has 156 valence electrons. The number of halogens is 1. The van der Waals surface area contributed by atoms with Gasteiger partial charge in [0.15, 0.2) is 0 Å². The zero-order chi connectivity index (χ0) is 21.2. The van der Waals surface area contributed by atoms with Crippen molar-refractivity contribution in [2.45, 2.75) is 0 Å². The van der Waals surface area contributed by atoms with Crippen molar-refractivity contribution in [2.75, 3.05) is 26.3 Å². The van der Waals surface area contributed by atoms with Crippen LogP contribution in [0.3, 0.4) is 0 Å². The largest absolute Gasteiger partial charge is 0.378 e. The van der Waals surface area contributed by atoms with Crippen LogP contribution in [0.15, 0.2) is 58.4 Å². The van der Waals surface area contributed by atoms with Gasteiger partial charge in [-0.2, -0.15) is 0 Å². The summed E-state index contributed by atoms with van der Waals surface area (Å²) in [6.45, 7) is 2.22. The van der Waals surface area contributed by atoms with Gasteiger partial charge in [-0.05, 0) is 30.3 Å². The number of fused-ring (bicyclic) bond motifs is 1. The molecule has 0 spiro atoms. The quantitative estimate of drug-likeness (QED) is 0.411. The van der Waals surface area contributed by atoms with E-state index in [-0.39, 0.29) is 5.91 Å². The van der Waals surface area contributed by atoms with Crippen LogP contribution in [0.4, 0.5) is 0 Å². The average Bonchev–Trinajstić information content (AvgIpc) is 3.44. The Hall–Kier alpha value is -2.81. The minimum Gasteiger partial charge on any atom is -0.378 e. The molecule has 1 amide bonds. The number of rotatable bonds is 4. The lowest BCUT2D eigenvalue weighted by Crippen LogP contribution is -2.41. The third-order valence-corrected chi connectivity index (χ3v) is 6.46. The van der Waals surface area contributed by atoms with Crippen molar-refractivity contribution in [3.8, 4) is 10.6 Å². The van der Waals surface area contributed by atoms with Crippen molar-refractivity contribution >= 4 is 55.9 Å². The number of ether oxygens (including phenoxy) is 1. The molecular formula is C23H19BrN4O2S. The van der Waals surface area contributed by atoms with E-state index < -0.39 is 0 Å². The van der Waals surface area contributed by atoms with Crippen molar-refractivity contribution in [1.29, 1.82) is 0 Å². The Morgan fingerprint density at radius 3 is 2.77 bits per heavy atom. The summed E-state index contributed by atoms with van der Waals surface area (Å²) in [6, 6.07) is 15.8. The highest BCUT2D eigenvalue weighted by Gasteiger charge is 2.24. The van der Waals surface area contributed by atoms with Gasteiger partial charge in [0.05, 0.1) is 35.5 Å². The summed E-state index contributed by atoms with van der Waals surface area (Å²) < 4.78 is 6.41. The first-order chi connectivity index (χ1) is 15.2. The van der Waals surface area contributed by atoms with Crippen molar-refractivity contribution in [3.05, 3.63) is 69.9 Å². The van der Waals surface area contributed by atoms with Gasteiger partial charge in [0.2, 0.25) is 0 Å². The minimum absolute atomic E-state index is 0.0700. The predicted octanol–water partition coefficient (Wildman–Crippen LogP) is 4.85. The second-order valence-electron chi connectivity index (χ2n) is 7.15. The summed E-state index contributed by atoms with van der Waals surface area (Å²) in [6.07, 6.45) is 1.83. The average molecular weight is 495 g/mol. The molecule has 4 aromatic rings. The second-order valence-corrected chi connectivity index (χ2v) is 8.93. The van der Waals surface area contributed by atoms with Crippen LogP contribution < -0.4 is 0 Å². The van der Waals surface area contributed by atoms with E-state index in [2.05, 4.69) is 25.9 Å². The maximum atomic E-state index is 13.4. The van der Waals surface area contributed by atoms with Gasteiger partial charge in [-0.15, -0.1) is 11.3 Å². The molecule has 0 radical (unpaired) electrons. The highest BCUT2D eigenvalue weighted by Crippen LogP contribution is 2.28. The predicted molar refractivity (Wildman–Crippen MR) is 127 cm³/mol. The number of para-hydroxylation sites is 2. The number of aromatic amines is 1. The summed E-state index contributed by atoms with van der Waals surface area (Å²) in [5, 5.41) is 2.86. The third-order valence-electron chi connectivity index (χ3n) is 5.06. The highest BCUT2D eigenvalue weighted by molar-refractivity contribution is 9.10. The summed E-state index contributed by atoms with van der Waals surface area (Å²) >= 11 is 5.06. The fourth-order valence-corrected chi connectivity index (χ4v) is 4.68. The Labute approximate surface area is 191 Å². The number of morpholine rings is 1. The van der Waals surface area contributed by atoms with E-state index in [4.69, 9.17) is 9.72 Å². The van der Waals surface area contributed by atoms with Crippen molar-refractivity contribution in [1.82, 2.24) is 19.9 Å². The van der Waals surface area contributed by atoms with Crippen LogP contribution in [0.2, 0.25) is 0 Å². The lowest BCUT2D eigenvalue weighted by molar-refractivity contribution is -0.128. The number of imidazole rings is 1. The normalized spacial score (nSPS) is 14.9. The molecule has 0 aliphatic carbocycles. The summed E-state index contributed by atoms with van der Waals surface area (Å²) in [5.74, 6) is 0.481. The first kappa shape index (κ1) is 20.1. The van der Waals surface area contributed by atoms with Crippen LogP contribution >= 0.6 is 27.3 Å². The second kappa shape index (κ2) is 8.74. The number of H-pyrrole nitrogens is 1. The number of amides is 1. The van der Waals surface area contributed by atoms with E-state index in [1.54, 1.807) is 11.3 Å². The van der Waals surface area contributed by atoms with Gasteiger partial charge in [-0.1, -0.05) is 40.2 Å². The molecule has 0 saturated carbocycles. The van der Waals surface area contributed by atoms with Gasteiger partial charge in [-0.25, -0.2) is 9.97 Å². The van der Waals surface area contributed by atoms with Crippen LogP contribution in [0, 0.1) is 0 Å². The summed E-state index contributed by atoms with van der Waals surface area (Å²) in [5.41, 5.74) is 3.99. The number of nitrogens with one attached hydrogen (secondary N) is 1. The molecule has 1 fully saturated rings. The SMILES string of the molecule is O=C(C(=Cc1csc(-c2cccc(Br)c2)n1)c1nc2ccccc2[nH]1)N1CCOCC1. The van der Waals surface area contributed by atoms with Gasteiger partial charge < -0.3 is 14.6 Å². The van der Waals surface area contributed by atoms with E-state index >= 15 is 0 Å². The highest BCUT2D eigenvalue weighted by atomic mass is 79.9. The van der Waals surface area contributed by atoms with Crippen molar-refractivity contribution in [2.24, 2.45) is 0 Å². The van der Waals surface area contributed by atoms with E-state index in [9.17, 15) is 4.79 Å². The lowest BCUT2D eigenvalue weighted by Gasteiger charge is -2.27. The Balaban J connectivity index is 1.55. The third kappa shape index (κ3) is 4.32. The molecule has 6 nitrogen and oxygen atoms in total. The molecule has 0 atom stereocenters. The molecular weight excluding hydrogens is 476 g/mol. The Morgan fingerprint density at radius 2 is 1.97 bits per heavy atom. The van der Waals surface area contributed by atoms with E-state index in [0.29, 0.717) is 37.7 Å². The first-order valence-electron chi connectivity index (χ1n) is 9.93. The number of nitrogens with zero attached hydrogens (tertiary/aromatic N) is 3. The summed E-state index contributed by atoms with van der Waals surface area (Å²) in [7, 11) is 0. The fraction of sp³-hybridized carbons (Fsp3) is 0.174. The number of benzene rings is 2. The van der Waals surface area contributed by atoms with Crippen LogP contribution in [-0.4, -0.2) is 52.1 Å². The standard InChI is InChI=1S/C23H19BrN4O2S/c24-16-5-3-4-15(12-16)22-25-17(14-31-22)13-18(23(29)28-8-10-30-11-9-28)21-26-19-6-1-2-7-20(19)27-21/h1-7,12-14H,8-11H2,(H,26,27). The number of aromatic nitrogens is 3. The molecule has 31 heavy (non-hydrogen) atoms. The first-order valence-corrected chi connectivity index (χ1v) is 11.6. The van der Waals surface area contributed by atoms with Gasteiger partial charge >= 0.3 is 0 Å². The zero-order valence-electron chi connectivity index (χ0n) is 16.5. The molecule has 2 aromatic heterocycles. The van der Waals surface area contributed by atoms with Crippen LogP contribution in [0.5, 0.6) is 0 Å². The fourth-order valence-electron chi connectivity index (χ4n) is 3.50. The van der Waals surface area contributed by atoms with E-state index in [0.717, 1.165) is 31.8 Å². The Morgan fingerprint density at radius 1 is 1.13 bits per heavy atom. The molecule has 5 rings (SSSR count). The van der Waals surface area contributed by atoms with Gasteiger partial charge in [-0.3, -0.25) is 4.79 Å². The minimum atomic E-state index is -0.0700. The van der Waals surface area contributed by atoms with Gasteiger partial charge in [0, 0.05) is 28.5 Å². The molecule has 0 bridgehead atoms. The van der Waals surface area contributed by atoms with Crippen molar-refractivity contribution < 1.29 is 9.53 Å². The topological polar surface area (TPSA) is 71.1 Å². The molecule has 0 unspecified atom stereocenters. The molecule has 2 aromatic carbocycles. The molecule has 1 aliphatic heterocycles. The number of hydrogen-bond donors (Lipinski definition) is 1. The Kier molecular flexibility index (Phi) is 5.67. The van der Waals surface area contributed by atoms with E-state index in [1.165, 1.54) is 0 Å². The molecule has 1 N–H and O–H groups in total. The van der Waals surface area contributed by atoms with Gasteiger partial charge in [0.1, 0.15) is 10.8 Å². The summed E-state index contributed by atoms with van der Waals surface area (Å²) in [4.78, 5) is 27.9. The monoisotopic (exact) mass is 494 g/mol. The number of thiazole rings is 1. The van der Waals surface area contributed by atoms with Crippen LogP contribution in [0.25, 0.3) is 33.3 Å². The smallest absolute Gasteiger partial charge is 0.257 e. The zero-order valence-corrected chi connectivity index (χ0v) is 18.9. The number of carbonyl (C=O) groups excluding carboxylic acids is 1. The lowest BCUT2D eigenvalue weighted by atomic mass is 10.1. The molecule has 3 heterocycles. The Bertz CT molecular complexity index is 1240. The maximum absolute atomic E-state index is 13.4. The van der Waals surface area contributed by atoms with Crippen molar-refractivity contribution in [3.63, 3.8) is 0 Å². The van der Waals surface area contributed by atoms with Crippen LogP contribution in [0.1, 0.15) is 11.5 Å². The molecule has 1 saturated heterocycles. The molecule has 8 heteroatoms. The maximum Gasteiger partial charge on any atom is 0.257 e. The molecule has 1 aliphatic rings. The van der Waals surface area contributed by atoms with E-state index in [1.807, 2.05) is 64.9 Å². The van der Waals surface area contributed by atoms with Gasteiger partial charge in [0.25, 0.3) is 5.91 Å². The van der Waals surface area contributed by atoms with Crippen LogP contribution in [-0.2, 0) is 9.53 Å². The number of hydrogen-bond acceptors (Lipinski definition) is 5. The number of carbonyl (C=O) groups is 1.